The van der Waals surface area contributed by atoms with Gasteiger partial charge in [0.05, 0.1) is 0 Å². The third-order valence-corrected chi connectivity index (χ3v) is 5.56. The number of hydrogen-bond donors (Lipinski definition) is 1. The van der Waals surface area contributed by atoms with Gasteiger partial charge in [0.25, 0.3) is 0 Å². The first kappa shape index (κ1) is 16.3. The predicted molar refractivity (Wildman–Crippen MR) is 82.8 cm³/mol. The van der Waals surface area contributed by atoms with E-state index in [0.717, 1.165) is 10.9 Å². The summed E-state index contributed by atoms with van der Waals surface area (Å²) in [6.07, 6.45) is 2.59. The zero-order chi connectivity index (χ0) is 14.1. The molecule has 2 nitrogen and oxygen atoms in total. The monoisotopic (exact) mass is 327 g/mol. The van der Waals surface area contributed by atoms with E-state index in [-0.39, 0.29) is 5.91 Å². The molecule has 0 bridgehead atoms. The Bertz CT molecular complexity index is 364. The Morgan fingerprint density at radius 3 is 2.53 bits per heavy atom. The van der Waals surface area contributed by atoms with E-state index >= 15 is 0 Å². The van der Waals surface area contributed by atoms with E-state index in [1.54, 1.807) is 0 Å². The van der Waals surface area contributed by atoms with Gasteiger partial charge in [-0.25, -0.2) is 0 Å². The van der Waals surface area contributed by atoms with Crippen molar-refractivity contribution in [3.8, 4) is 0 Å². The molecule has 1 N–H and O–H groups in total. The first-order valence-electron chi connectivity index (χ1n) is 7.08. The number of carbonyl (C=O) groups excluding carboxylic acids is 1. The van der Waals surface area contributed by atoms with Gasteiger partial charge >= 0.3 is 123 Å². The number of amides is 1. The summed E-state index contributed by atoms with van der Waals surface area (Å²) in [7, 11) is 0. The summed E-state index contributed by atoms with van der Waals surface area (Å²) in [5, 5.41) is 5.66. The SMILES string of the molecule is CCCC[Se]C[C@@H](NC(=O)c1ccccc1)C(C)C. The van der Waals surface area contributed by atoms with Crippen LogP contribution in [0.2, 0.25) is 10.6 Å². The quantitative estimate of drug-likeness (QED) is 0.572. The standard InChI is InChI=1S/C16H25NOSe/c1-4-5-11-19-12-15(13(2)3)17-16(18)14-9-7-6-8-10-14/h6-10,13,15H,4-5,11-12H2,1-3H3,(H,17,18)/t15-/m1/s1. The van der Waals surface area contributed by atoms with Gasteiger partial charge in [0.2, 0.25) is 0 Å². The summed E-state index contributed by atoms with van der Waals surface area (Å²) in [5.74, 6) is 0.557. The van der Waals surface area contributed by atoms with Gasteiger partial charge in [0, 0.05) is 0 Å². The first-order chi connectivity index (χ1) is 9.15. The van der Waals surface area contributed by atoms with Crippen LogP contribution < -0.4 is 5.32 Å². The number of benzene rings is 1. The van der Waals surface area contributed by atoms with E-state index in [9.17, 15) is 4.79 Å². The van der Waals surface area contributed by atoms with Crippen molar-refractivity contribution in [3.05, 3.63) is 35.9 Å². The molecule has 0 aliphatic heterocycles. The average molecular weight is 326 g/mol. The fourth-order valence-electron chi connectivity index (χ4n) is 1.70. The van der Waals surface area contributed by atoms with Crippen molar-refractivity contribution >= 4 is 20.9 Å². The molecule has 0 fully saturated rings. The molecular weight excluding hydrogens is 301 g/mol. The molecule has 0 heterocycles. The van der Waals surface area contributed by atoms with Crippen LogP contribution in [-0.4, -0.2) is 26.9 Å². The predicted octanol–water partition coefficient (Wildman–Crippen LogP) is 3.78. The summed E-state index contributed by atoms with van der Waals surface area (Å²) in [4.78, 5) is 12.1. The fourth-order valence-corrected chi connectivity index (χ4v) is 4.60. The zero-order valence-corrected chi connectivity index (χ0v) is 13.9. The molecular formula is C16H25NOSe. The maximum atomic E-state index is 12.1. The van der Waals surface area contributed by atoms with Gasteiger partial charge in [-0.15, -0.1) is 0 Å². The van der Waals surface area contributed by atoms with Crippen LogP contribution in [0.25, 0.3) is 0 Å². The molecule has 3 heteroatoms. The molecule has 19 heavy (non-hydrogen) atoms. The molecule has 0 aromatic heterocycles. The van der Waals surface area contributed by atoms with Crippen LogP contribution >= 0.6 is 0 Å². The Morgan fingerprint density at radius 2 is 1.95 bits per heavy atom. The van der Waals surface area contributed by atoms with E-state index in [1.165, 1.54) is 18.2 Å². The Morgan fingerprint density at radius 1 is 1.26 bits per heavy atom. The van der Waals surface area contributed by atoms with Crippen LogP contribution in [0.15, 0.2) is 30.3 Å². The summed E-state index contributed by atoms with van der Waals surface area (Å²) >= 11 is 0.648. The number of hydrogen-bond acceptors (Lipinski definition) is 1. The Kier molecular flexibility index (Phi) is 7.85. The van der Waals surface area contributed by atoms with E-state index in [0.29, 0.717) is 26.9 Å². The maximum absolute atomic E-state index is 12.1. The van der Waals surface area contributed by atoms with E-state index in [2.05, 4.69) is 26.1 Å². The van der Waals surface area contributed by atoms with Crippen LogP contribution in [0.4, 0.5) is 0 Å². The average Bonchev–Trinajstić information content (AvgIpc) is 2.42. The Labute approximate surface area is 123 Å². The molecule has 0 spiro atoms. The van der Waals surface area contributed by atoms with Gasteiger partial charge in [-0.1, -0.05) is 0 Å². The molecule has 1 amide bonds. The van der Waals surface area contributed by atoms with Gasteiger partial charge in [0.15, 0.2) is 0 Å². The van der Waals surface area contributed by atoms with Gasteiger partial charge in [0.1, 0.15) is 0 Å². The Balaban J connectivity index is 2.47. The molecule has 1 aromatic carbocycles. The number of rotatable bonds is 8. The summed E-state index contributed by atoms with van der Waals surface area (Å²) in [6, 6.07) is 9.80. The van der Waals surface area contributed by atoms with E-state index in [4.69, 9.17) is 0 Å². The molecule has 0 aliphatic carbocycles. The van der Waals surface area contributed by atoms with Gasteiger partial charge in [-0.2, -0.15) is 0 Å². The van der Waals surface area contributed by atoms with Crippen molar-refractivity contribution < 1.29 is 4.79 Å². The summed E-state index contributed by atoms with van der Waals surface area (Å²) < 4.78 is 0. The van der Waals surface area contributed by atoms with Crippen molar-refractivity contribution in [1.82, 2.24) is 5.32 Å². The van der Waals surface area contributed by atoms with Crippen molar-refractivity contribution in [3.63, 3.8) is 0 Å². The second-order valence-electron chi connectivity index (χ2n) is 5.12. The van der Waals surface area contributed by atoms with Gasteiger partial charge < -0.3 is 0 Å². The van der Waals surface area contributed by atoms with E-state index < -0.39 is 0 Å². The van der Waals surface area contributed by atoms with Gasteiger partial charge in [-0.3, -0.25) is 0 Å². The summed E-state index contributed by atoms with van der Waals surface area (Å²) in [5.41, 5.74) is 0.759. The van der Waals surface area contributed by atoms with Crippen molar-refractivity contribution in [2.75, 3.05) is 0 Å². The van der Waals surface area contributed by atoms with E-state index in [1.807, 2.05) is 30.3 Å². The van der Waals surface area contributed by atoms with Crippen LogP contribution in [0.1, 0.15) is 44.0 Å². The number of unbranched alkanes of at least 4 members (excludes halogenated alkanes) is 1. The van der Waals surface area contributed by atoms with Crippen LogP contribution in [0.5, 0.6) is 0 Å². The first-order valence-corrected chi connectivity index (χ1v) is 9.51. The van der Waals surface area contributed by atoms with Crippen molar-refractivity contribution in [2.24, 2.45) is 5.92 Å². The fraction of sp³-hybridized carbons (Fsp3) is 0.562. The molecule has 0 aliphatic rings. The zero-order valence-electron chi connectivity index (χ0n) is 12.2. The molecule has 0 radical (unpaired) electrons. The minimum absolute atomic E-state index is 0.0607. The minimum atomic E-state index is 0.0607. The molecule has 0 saturated carbocycles. The number of carbonyl (C=O) groups is 1. The van der Waals surface area contributed by atoms with Crippen LogP contribution in [0, 0.1) is 5.92 Å². The molecule has 0 unspecified atom stereocenters. The third kappa shape index (κ3) is 6.26. The van der Waals surface area contributed by atoms with Crippen LogP contribution in [-0.2, 0) is 0 Å². The Hall–Kier alpha value is -0.791. The number of nitrogens with one attached hydrogen (secondary N) is 1. The second kappa shape index (κ2) is 9.17. The molecule has 0 saturated heterocycles. The normalized spacial score (nSPS) is 12.4. The molecule has 1 atom stereocenters. The van der Waals surface area contributed by atoms with Crippen LogP contribution in [0.3, 0.4) is 0 Å². The summed E-state index contributed by atoms with van der Waals surface area (Å²) in [6.45, 7) is 6.60. The molecule has 106 valence electrons. The second-order valence-corrected chi connectivity index (χ2v) is 7.53. The third-order valence-electron chi connectivity index (χ3n) is 3.10. The van der Waals surface area contributed by atoms with Crippen molar-refractivity contribution in [1.29, 1.82) is 0 Å². The molecule has 1 rings (SSSR count). The topological polar surface area (TPSA) is 29.1 Å². The molecule has 1 aromatic rings. The van der Waals surface area contributed by atoms with Crippen molar-refractivity contribution in [2.45, 2.75) is 50.3 Å². The van der Waals surface area contributed by atoms with Gasteiger partial charge in [-0.05, 0) is 0 Å².